The minimum absolute atomic E-state index is 0.0249. The monoisotopic (exact) mass is 544 g/mol. The number of fused-ring (bicyclic) bond motifs is 2. The lowest BCUT2D eigenvalue weighted by Gasteiger charge is -2.27. The van der Waals surface area contributed by atoms with Gasteiger partial charge in [-0.15, -0.1) is 0 Å². The summed E-state index contributed by atoms with van der Waals surface area (Å²) in [6.45, 7) is 0. The van der Waals surface area contributed by atoms with Gasteiger partial charge in [-0.3, -0.25) is 14.4 Å². The minimum Gasteiger partial charge on any atom is -0.480 e. The highest BCUT2D eigenvalue weighted by molar-refractivity contribution is 7.76. The predicted octanol–water partition coefficient (Wildman–Crippen LogP) is 1.30. The van der Waals surface area contributed by atoms with Crippen LogP contribution in [0.1, 0.15) is 27.0 Å². The van der Waals surface area contributed by atoms with Crippen molar-refractivity contribution in [3.05, 3.63) is 89.0 Å². The number of amides is 3. The van der Waals surface area contributed by atoms with Gasteiger partial charge in [0.1, 0.15) is 10.9 Å². The summed E-state index contributed by atoms with van der Waals surface area (Å²) < 4.78 is 23.6. The van der Waals surface area contributed by atoms with Crippen LogP contribution in [0.15, 0.2) is 71.7 Å². The summed E-state index contributed by atoms with van der Waals surface area (Å²) in [4.78, 5) is 55.4. The second kappa shape index (κ2) is 9.99. The Labute approximate surface area is 223 Å². The number of nitrogens with one attached hydrogen (secondary N) is 1. The van der Waals surface area contributed by atoms with E-state index in [0.29, 0.717) is 28.1 Å². The van der Waals surface area contributed by atoms with Gasteiger partial charge in [0, 0.05) is 23.2 Å². The molecule has 0 spiro atoms. The molecular weight excluding hydrogens is 524 g/mol. The molecule has 3 aromatic rings. The van der Waals surface area contributed by atoms with Gasteiger partial charge >= 0.3 is 5.97 Å². The molecule has 0 unspecified atom stereocenters. The van der Waals surface area contributed by atoms with E-state index in [1.807, 2.05) is 0 Å². The Morgan fingerprint density at radius 3 is 2.44 bits per heavy atom. The molecule has 11 nitrogen and oxygen atoms in total. The second-order valence-corrected chi connectivity index (χ2v) is 9.78. The summed E-state index contributed by atoms with van der Waals surface area (Å²) in [6, 6.07) is 15.8. The zero-order valence-electron chi connectivity index (χ0n) is 20.1. The Morgan fingerprint density at radius 2 is 1.74 bits per heavy atom. The molecule has 196 valence electrons. The summed E-state index contributed by atoms with van der Waals surface area (Å²) in [5, 5.41) is 12.1. The van der Waals surface area contributed by atoms with E-state index in [1.54, 1.807) is 42.5 Å². The third-order valence-electron chi connectivity index (χ3n) is 6.37. The van der Waals surface area contributed by atoms with Gasteiger partial charge in [-0.05, 0) is 41.5 Å². The topological polar surface area (TPSA) is 176 Å². The summed E-state index contributed by atoms with van der Waals surface area (Å²) in [7, 11) is -2.78. The Morgan fingerprint density at radius 1 is 1.03 bits per heavy atom. The normalized spacial score (nSPS) is 14.8. The van der Waals surface area contributed by atoms with Crippen molar-refractivity contribution in [1.29, 1.82) is 0 Å². The van der Waals surface area contributed by atoms with Gasteiger partial charge in [-0.1, -0.05) is 36.4 Å². The highest BCUT2D eigenvalue weighted by Crippen LogP contribution is 2.28. The maximum absolute atomic E-state index is 13.0. The number of hydrogen-bond acceptors (Lipinski definition) is 8. The summed E-state index contributed by atoms with van der Waals surface area (Å²) in [6.07, 6.45) is -0.129. The molecule has 0 saturated heterocycles. The standard InChI is InChI=1S/C27H20N4O7S/c28-16-8-7-15-12-22(32)31(26(34)19(15)13-16)17-9-5-14(6-10-17)11-21(27(35)36)30-25(33)23-24(39(37)38)18-3-1-2-4-20(18)29-23/h1-10,13,21H,11-12,28H2,(H,30,33)(H,35,36)/t21-/m0/s1. The number of nitrogen functional groups attached to an aromatic ring is 1. The Bertz CT molecular complexity index is 1740. The SMILES string of the molecule is Nc1ccc2c(c1)C(=O)N(c1ccc(C[C@H](NC(=O)C3=Nc4ccccc4C3=S(=O)=O)C(=O)O)cc1)C(=O)C2. The molecule has 3 amide bonds. The number of carboxylic acids is 1. The van der Waals surface area contributed by atoms with Crippen LogP contribution < -0.4 is 16.0 Å². The molecule has 0 bridgehead atoms. The number of hydrogen-bond donors (Lipinski definition) is 3. The number of nitrogens with zero attached hydrogens (tertiary/aromatic N) is 2. The molecule has 2 aliphatic rings. The van der Waals surface area contributed by atoms with Gasteiger partial charge in [0.2, 0.25) is 16.2 Å². The van der Waals surface area contributed by atoms with E-state index in [4.69, 9.17) is 5.73 Å². The largest absolute Gasteiger partial charge is 0.480 e. The molecule has 2 aliphatic heterocycles. The molecule has 0 radical (unpaired) electrons. The third kappa shape index (κ3) is 4.80. The highest BCUT2D eigenvalue weighted by Gasteiger charge is 2.33. The smallest absolute Gasteiger partial charge is 0.326 e. The molecule has 5 rings (SSSR count). The number of para-hydroxylation sites is 1. The van der Waals surface area contributed by atoms with Crippen LogP contribution in [0.5, 0.6) is 0 Å². The van der Waals surface area contributed by atoms with Crippen molar-refractivity contribution in [3.8, 4) is 0 Å². The maximum atomic E-state index is 13.0. The number of carbonyl (C=O) groups excluding carboxylic acids is 3. The fourth-order valence-electron chi connectivity index (χ4n) is 4.51. The Balaban J connectivity index is 1.34. The summed E-state index contributed by atoms with van der Waals surface area (Å²) >= 11 is 0. The Kier molecular flexibility index (Phi) is 6.54. The van der Waals surface area contributed by atoms with E-state index >= 15 is 0 Å². The molecule has 3 aromatic carbocycles. The molecule has 12 heteroatoms. The number of rotatable bonds is 6. The molecular formula is C27H20N4O7S. The lowest BCUT2D eigenvalue weighted by molar-refractivity contribution is -0.141. The maximum Gasteiger partial charge on any atom is 0.326 e. The first-order chi connectivity index (χ1) is 18.6. The van der Waals surface area contributed by atoms with Gasteiger partial charge in [-0.2, -0.15) is 8.42 Å². The van der Waals surface area contributed by atoms with Gasteiger partial charge in [-0.25, -0.2) is 14.7 Å². The van der Waals surface area contributed by atoms with Gasteiger partial charge in [0.25, 0.3) is 11.8 Å². The average molecular weight is 545 g/mol. The van der Waals surface area contributed by atoms with Crippen molar-refractivity contribution >= 4 is 61.6 Å². The second-order valence-electron chi connectivity index (χ2n) is 8.90. The van der Waals surface area contributed by atoms with Crippen molar-refractivity contribution in [2.45, 2.75) is 18.9 Å². The summed E-state index contributed by atoms with van der Waals surface area (Å²) in [5.74, 6) is -3.22. The predicted molar refractivity (Wildman–Crippen MR) is 143 cm³/mol. The lowest BCUT2D eigenvalue weighted by Crippen LogP contribution is -2.46. The quantitative estimate of drug-likeness (QED) is 0.236. The van der Waals surface area contributed by atoms with Crippen LogP contribution in [0.4, 0.5) is 17.1 Å². The van der Waals surface area contributed by atoms with Crippen LogP contribution in [-0.4, -0.2) is 53.8 Å². The first-order valence-corrected chi connectivity index (χ1v) is 12.7. The lowest BCUT2D eigenvalue weighted by atomic mass is 9.97. The number of imide groups is 1. The van der Waals surface area contributed by atoms with Crippen LogP contribution in [0.2, 0.25) is 0 Å². The third-order valence-corrected chi connectivity index (χ3v) is 7.12. The first kappa shape index (κ1) is 25.5. The summed E-state index contributed by atoms with van der Waals surface area (Å²) in [5.41, 5.74) is 8.05. The molecule has 0 aromatic heterocycles. The zero-order chi connectivity index (χ0) is 27.8. The number of carboxylic acid groups (broad SMARTS) is 1. The van der Waals surface area contributed by atoms with Crippen LogP contribution in [0.25, 0.3) is 0 Å². The number of nitrogens with two attached hydrogens (primary N) is 1. The number of benzene rings is 3. The highest BCUT2D eigenvalue weighted by atomic mass is 32.2. The molecule has 1 atom stereocenters. The van der Waals surface area contributed by atoms with Gasteiger partial charge < -0.3 is 16.2 Å². The molecule has 0 fully saturated rings. The number of anilines is 2. The molecule has 2 heterocycles. The average Bonchev–Trinajstić information content (AvgIpc) is 3.30. The molecule has 0 saturated carbocycles. The molecule has 0 aliphatic carbocycles. The van der Waals surface area contributed by atoms with E-state index in [0.717, 1.165) is 4.90 Å². The van der Waals surface area contributed by atoms with Gasteiger partial charge in [0.15, 0.2) is 5.71 Å². The van der Waals surface area contributed by atoms with E-state index in [1.165, 1.54) is 24.3 Å². The number of carbonyl (C=O) groups is 4. The van der Waals surface area contributed by atoms with Crippen LogP contribution in [-0.2, 0) is 37.5 Å². The van der Waals surface area contributed by atoms with Gasteiger partial charge in [0.05, 0.1) is 17.8 Å². The van der Waals surface area contributed by atoms with Crippen molar-refractivity contribution in [2.75, 3.05) is 10.6 Å². The van der Waals surface area contributed by atoms with Crippen LogP contribution in [0.3, 0.4) is 0 Å². The zero-order valence-corrected chi connectivity index (χ0v) is 20.9. The van der Waals surface area contributed by atoms with E-state index in [-0.39, 0.29) is 29.0 Å². The van der Waals surface area contributed by atoms with Crippen molar-refractivity contribution < 1.29 is 32.7 Å². The number of aliphatic imine (C=N–C) groups is 1. The van der Waals surface area contributed by atoms with E-state index in [9.17, 15) is 32.7 Å². The number of aliphatic carboxylic acids is 1. The minimum atomic E-state index is -2.78. The molecule has 39 heavy (non-hydrogen) atoms. The fourth-order valence-corrected chi connectivity index (χ4v) is 5.16. The van der Waals surface area contributed by atoms with Crippen molar-refractivity contribution in [2.24, 2.45) is 4.99 Å². The van der Waals surface area contributed by atoms with Crippen molar-refractivity contribution in [3.63, 3.8) is 0 Å². The van der Waals surface area contributed by atoms with Crippen LogP contribution in [0, 0.1) is 0 Å². The Hall–Kier alpha value is -5.10. The molecule has 4 N–H and O–H groups in total. The fraction of sp³-hybridized carbons (Fsp3) is 0.111. The first-order valence-electron chi connectivity index (χ1n) is 11.7. The van der Waals surface area contributed by atoms with E-state index in [2.05, 4.69) is 10.3 Å². The van der Waals surface area contributed by atoms with Crippen LogP contribution >= 0.6 is 0 Å². The van der Waals surface area contributed by atoms with Crippen molar-refractivity contribution in [1.82, 2.24) is 5.32 Å². The van der Waals surface area contributed by atoms with E-state index < -0.39 is 45.7 Å².